The predicted molar refractivity (Wildman–Crippen MR) is 116 cm³/mol. The van der Waals surface area contributed by atoms with E-state index in [1.54, 1.807) is 42.3 Å². The first-order valence-corrected chi connectivity index (χ1v) is 10.7. The molecule has 0 radical (unpaired) electrons. The number of fused-ring (bicyclic) bond motifs is 1. The zero-order valence-corrected chi connectivity index (χ0v) is 17.9. The molecule has 3 aromatic heterocycles. The summed E-state index contributed by atoms with van der Waals surface area (Å²) >= 11 is 1.35. The summed E-state index contributed by atoms with van der Waals surface area (Å²) in [5.41, 5.74) is 2.67. The lowest BCUT2D eigenvalue weighted by atomic mass is 10.1. The summed E-state index contributed by atoms with van der Waals surface area (Å²) in [6.07, 6.45) is 2.03. The first-order valence-electron chi connectivity index (χ1n) is 9.90. The van der Waals surface area contributed by atoms with Gasteiger partial charge in [-0.25, -0.2) is 9.37 Å². The number of furan rings is 1. The molecule has 162 valence electrons. The van der Waals surface area contributed by atoms with Crippen molar-refractivity contribution in [1.82, 2.24) is 19.7 Å². The molecule has 0 saturated carbocycles. The van der Waals surface area contributed by atoms with Crippen molar-refractivity contribution < 1.29 is 18.4 Å². The molecule has 0 spiro atoms. The van der Waals surface area contributed by atoms with Crippen LogP contribution in [0.25, 0.3) is 11.3 Å². The van der Waals surface area contributed by atoms with E-state index in [9.17, 15) is 14.0 Å². The van der Waals surface area contributed by atoms with Crippen LogP contribution in [0.15, 0.2) is 53.1 Å². The molecule has 1 N–H and O–H groups in total. The number of thiazole rings is 1. The third kappa shape index (κ3) is 3.80. The molecule has 0 atom stereocenters. The average Bonchev–Trinajstić information content (AvgIpc) is 3.52. The van der Waals surface area contributed by atoms with E-state index in [0.717, 1.165) is 16.1 Å². The number of carbonyl (C=O) groups excluding carboxylic acids is 2. The zero-order valence-electron chi connectivity index (χ0n) is 17.0. The second kappa shape index (κ2) is 8.04. The molecule has 0 unspecified atom stereocenters. The maximum absolute atomic E-state index is 13.2. The van der Waals surface area contributed by atoms with Crippen molar-refractivity contribution in [1.29, 1.82) is 0 Å². The number of anilines is 1. The van der Waals surface area contributed by atoms with E-state index >= 15 is 0 Å². The number of hydrogen-bond donors (Lipinski definition) is 1. The van der Waals surface area contributed by atoms with Crippen LogP contribution in [-0.2, 0) is 20.0 Å². The number of aromatic nitrogens is 3. The molecule has 2 amide bonds. The van der Waals surface area contributed by atoms with Crippen LogP contribution < -0.4 is 5.32 Å². The molecule has 8 nitrogen and oxygen atoms in total. The number of nitrogens with zero attached hydrogens (tertiary/aromatic N) is 4. The summed E-state index contributed by atoms with van der Waals surface area (Å²) in [5.74, 6) is -0.622. The first-order chi connectivity index (χ1) is 15.5. The molecule has 1 aliphatic rings. The maximum Gasteiger partial charge on any atom is 0.293 e. The van der Waals surface area contributed by atoms with Gasteiger partial charge in [-0.3, -0.25) is 19.6 Å². The number of rotatable bonds is 4. The Morgan fingerprint density at radius 1 is 1.22 bits per heavy atom. The molecular formula is C22H18FN5O3S. The minimum atomic E-state index is -0.364. The van der Waals surface area contributed by atoms with Crippen molar-refractivity contribution in [2.45, 2.75) is 13.0 Å². The molecule has 1 aromatic carbocycles. The van der Waals surface area contributed by atoms with Crippen LogP contribution in [0.3, 0.4) is 0 Å². The van der Waals surface area contributed by atoms with Gasteiger partial charge >= 0.3 is 0 Å². The molecule has 4 aromatic rings. The Bertz CT molecular complexity index is 1290. The fourth-order valence-electron chi connectivity index (χ4n) is 3.58. The van der Waals surface area contributed by atoms with Gasteiger partial charge in [0.2, 0.25) is 0 Å². The monoisotopic (exact) mass is 451 g/mol. The summed E-state index contributed by atoms with van der Waals surface area (Å²) in [4.78, 5) is 32.5. The Kier molecular flexibility index (Phi) is 5.06. The second-order valence-electron chi connectivity index (χ2n) is 7.34. The van der Waals surface area contributed by atoms with Gasteiger partial charge in [-0.05, 0) is 42.5 Å². The normalized spacial score (nSPS) is 13.1. The summed E-state index contributed by atoms with van der Waals surface area (Å²) < 4.78 is 19.8. The zero-order chi connectivity index (χ0) is 22.2. The molecule has 4 heterocycles. The molecule has 0 bridgehead atoms. The molecular weight excluding hydrogens is 433 g/mol. The van der Waals surface area contributed by atoms with E-state index in [4.69, 9.17) is 4.42 Å². The number of carbonyl (C=O) groups is 2. The predicted octanol–water partition coefficient (Wildman–Crippen LogP) is 3.73. The maximum atomic E-state index is 13.2. The number of hydrogen-bond acceptors (Lipinski definition) is 6. The second-order valence-corrected chi connectivity index (χ2v) is 8.43. The van der Waals surface area contributed by atoms with Crippen LogP contribution in [0.5, 0.6) is 0 Å². The topological polar surface area (TPSA) is 93.3 Å². The van der Waals surface area contributed by atoms with E-state index < -0.39 is 0 Å². The van der Waals surface area contributed by atoms with E-state index in [-0.39, 0.29) is 23.4 Å². The van der Waals surface area contributed by atoms with Crippen molar-refractivity contribution in [2.75, 3.05) is 11.9 Å². The van der Waals surface area contributed by atoms with Crippen LogP contribution in [-0.4, -0.2) is 38.0 Å². The van der Waals surface area contributed by atoms with Gasteiger partial charge in [0.1, 0.15) is 11.5 Å². The highest BCUT2D eigenvalue weighted by Crippen LogP contribution is 2.30. The van der Waals surface area contributed by atoms with Gasteiger partial charge in [0.15, 0.2) is 10.9 Å². The minimum absolute atomic E-state index is 0.145. The summed E-state index contributed by atoms with van der Waals surface area (Å²) in [7, 11) is 1.71. The van der Waals surface area contributed by atoms with Gasteiger partial charge in [0.05, 0.1) is 24.2 Å². The molecule has 0 fully saturated rings. The molecule has 0 saturated heterocycles. The summed E-state index contributed by atoms with van der Waals surface area (Å²) in [5, 5.41) is 7.63. The van der Waals surface area contributed by atoms with E-state index in [1.807, 2.05) is 0 Å². The Morgan fingerprint density at radius 2 is 2.03 bits per heavy atom. The largest absolute Gasteiger partial charge is 0.459 e. The van der Waals surface area contributed by atoms with Crippen LogP contribution in [0.1, 0.15) is 31.6 Å². The van der Waals surface area contributed by atoms with Gasteiger partial charge in [0, 0.05) is 30.5 Å². The number of nitrogens with one attached hydrogen (secondary N) is 1. The van der Waals surface area contributed by atoms with Crippen molar-refractivity contribution in [3.05, 3.63) is 76.6 Å². The van der Waals surface area contributed by atoms with Gasteiger partial charge in [-0.15, -0.1) is 0 Å². The van der Waals surface area contributed by atoms with Crippen molar-refractivity contribution in [3.8, 4) is 11.3 Å². The van der Waals surface area contributed by atoms with Crippen molar-refractivity contribution in [2.24, 2.45) is 7.05 Å². The molecule has 1 aliphatic heterocycles. The standard InChI is InChI=1S/C22H18FN5O3S/c1-27-17(11-16(26-27)13-4-6-14(23)7-5-13)21(30)28-9-8-15-19(12-28)32-22(24-15)25-20(29)18-3-2-10-31-18/h2-7,10-11H,8-9,12H2,1H3,(H,24,25,29). The third-order valence-corrected chi connectivity index (χ3v) is 6.22. The number of amides is 2. The Morgan fingerprint density at radius 3 is 2.78 bits per heavy atom. The van der Waals surface area contributed by atoms with E-state index in [2.05, 4.69) is 15.4 Å². The Hall–Kier alpha value is -3.79. The van der Waals surface area contributed by atoms with E-state index in [0.29, 0.717) is 36.0 Å². The van der Waals surface area contributed by atoms with Crippen LogP contribution in [0.4, 0.5) is 9.52 Å². The third-order valence-electron chi connectivity index (χ3n) is 5.22. The van der Waals surface area contributed by atoms with Gasteiger partial charge in [0.25, 0.3) is 11.8 Å². The van der Waals surface area contributed by atoms with Crippen LogP contribution in [0, 0.1) is 5.82 Å². The van der Waals surface area contributed by atoms with Gasteiger partial charge in [-0.2, -0.15) is 5.10 Å². The highest BCUT2D eigenvalue weighted by atomic mass is 32.1. The number of benzene rings is 1. The number of halogens is 1. The minimum Gasteiger partial charge on any atom is -0.459 e. The quantitative estimate of drug-likeness (QED) is 0.510. The molecule has 10 heteroatoms. The lowest BCUT2D eigenvalue weighted by molar-refractivity contribution is 0.0725. The lowest BCUT2D eigenvalue weighted by Gasteiger charge is -2.25. The highest BCUT2D eigenvalue weighted by Gasteiger charge is 2.27. The van der Waals surface area contributed by atoms with Gasteiger partial charge < -0.3 is 9.32 Å². The molecule has 5 rings (SSSR count). The fourth-order valence-corrected chi connectivity index (χ4v) is 4.60. The number of aryl methyl sites for hydroxylation is 1. The Labute approximate surface area is 186 Å². The summed E-state index contributed by atoms with van der Waals surface area (Å²) in [6, 6.07) is 10.9. The van der Waals surface area contributed by atoms with Crippen molar-refractivity contribution >= 4 is 28.3 Å². The van der Waals surface area contributed by atoms with Gasteiger partial charge in [-0.1, -0.05) is 11.3 Å². The van der Waals surface area contributed by atoms with Crippen LogP contribution in [0.2, 0.25) is 0 Å². The average molecular weight is 451 g/mol. The molecule has 32 heavy (non-hydrogen) atoms. The molecule has 0 aliphatic carbocycles. The smallest absolute Gasteiger partial charge is 0.293 e. The fraction of sp³-hybridized carbons (Fsp3) is 0.182. The van der Waals surface area contributed by atoms with E-state index in [1.165, 1.54) is 34.4 Å². The highest BCUT2D eigenvalue weighted by molar-refractivity contribution is 7.15. The van der Waals surface area contributed by atoms with Crippen molar-refractivity contribution in [3.63, 3.8) is 0 Å². The van der Waals surface area contributed by atoms with Crippen LogP contribution >= 0.6 is 11.3 Å². The first kappa shape index (κ1) is 20.1. The Balaban J connectivity index is 1.31. The summed E-state index contributed by atoms with van der Waals surface area (Å²) in [6.45, 7) is 0.914. The SMILES string of the molecule is Cn1nc(-c2ccc(F)cc2)cc1C(=O)N1CCc2nc(NC(=O)c3ccco3)sc2C1. The lowest BCUT2D eigenvalue weighted by Crippen LogP contribution is -2.36.